The second-order valence-electron chi connectivity index (χ2n) is 5.94. The number of nitrogens with one attached hydrogen (secondary N) is 1. The molecule has 1 aliphatic carbocycles. The summed E-state index contributed by atoms with van der Waals surface area (Å²) in [7, 11) is 0. The summed E-state index contributed by atoms with van der Waals surface area (Å²) in [6.45, 7) is 0.450. The Morgan fingerprint density at radius 2 is 1.75 bits per heavy atom. The summed E-state index contributed by atoms with van der Waals surface area (Å²) in [4.78, 5) is 12.2. The van der Waals surface area contributed by atoms with Crippen molar-refractivity contribution in [2.45, 2.75) is 38.3 Å². The van der Waals surface area contributed by atoms with E-state index in [9.17, 15) is 4.79 Å². The number of halogens is 1. The van der Waals surface area contributed by atoms with Crippen molar-refractivity contribution in [3.8, 4) is 5.75 Å². The number of amides is 1. The molecule has 0 aliphatic heterocycles. The number of nitrogens with two attached hydrogens (primary N) is 1. The quantitative estimate of drug-likeness (QED) is 0.806. The van der Waals surface area contributed by atoms with Crippen LogP contribution in [0.2, 0.25) is 0 Å². The molecule has 1 fully saturated rings. The molecule has 24 heavy (non-hydrogen) atoms. The summed E-state index contributed by atoms with van der Waals surface area (Å²) >= 11 is 0. The molecule has 0 spiro atoms. The van der Waals surface area contributed by atoms with Crippen molar-refractivity contribution in [3.63, 3.8) is 0 Å². The van der Waals surface area contributed by atoms with Gasteiger partial charge in [-0.05, 0) is 56.0 Å². The summed E-state index contributed by atoms with van der Waals surface area (Å²) in [5.74, 6) is 0.762. The Balaban J connectivity index is 0.00000208. The topological polar surface area (TPSA) is 64.4 Å². The zero-order valence-electron chi connectivity index (χ0n) is 13.5. The van der Waals surface area contributed by atoms with Crippen LogP contribution in [0.3, 0.4) is 0 Å². The Labute approximate surface area is 148 Å². The van der Waals surface area contributed by atoms with Crippen LogP contribution in [0.1, 0.15) is 41.6 Å². The molecule has 0 unspecified atom stereocenters. The lowest BCUT2D eigenvalue weighted by molar-refractivity contribution is 0.0950. The predicted octanol–water partition coefficient (Wildman–Crippen LogP) is 3.94. The molecule has 3 rings (SSSR count). The number of ether oxygens (including phenoxy) is 1. The van der Waals surface area contributed by atoms with Gasteiger partial charge in [0.1, 0.15) is 5.75 Å². The Kier molecular flexibility index (Phi) is 6.50. The van der Waals surface area contributed by atoms with Crippen molar-refractivity contribution in [3.05, 3.63) is 59.7 Å². The molecule has 0 saturated heterocycles. The van der Waals surface area contributed by atoms with E-state index in [1.165, 1.54) is 12.8 Å². The van der Waals surface area contributed by atoms with Gasteiger partial charge < -0.3 is 15.8 Å². The second-order valence-corrected chi connectivity index (χ2v) is 5.94. The molecule has 1 saturated carbocycles. The lowest BCUT2D eigenvalue weighted by atomic mass is 10.1. The molecule has 5 heteroatoms. The Hall–Kier alpha value is -2.20. The Bertz CT molecular complexity index is 667. The molecule has 128 valence electrons. The number of benzene rings is 2. The predicted molar refractivity (Wildman–Crippen MR) is 98.6 cm³/mol. The lowest BCUT2D eigenvalue weighted by Gasteiger charge is -2.16. The molecule has 0 bridgehead atoms. The van der Waals surface area contributed by atoms with Gasteiger partial charge in [-0.3, -0.25) is 4.79 Å². The van der Waals surface area contributed by atoms with E-state index in [0.717, 1.165) is 24.2 Å². The number of hydrogen-bond donors (Lipinski definition) is 2. The molecule has 0 heterocycles. The van der Waals surface area contributed by atoms with Crippen molar-refractivity contribution < 1.29 is 9.53 Å². The SMILES string of the molecule is Cl.Nc1ccc(C(=O)NCc2ccccc2OC2CCCC2)cc1. The molecule has 1 amide bonds. The van der Waals surface area contributed by atoms with Crippen LogP contribution < -0.4 is 15.8 Å². The van der Waals surface area contributed by atoms with E-state index < -0.39 is 0 Å². The van der Waals surface area contributed by atoms with Gasteiger partial charge in [-0.15, -0.1) is 12.4 Å². The third-order valence-electron chi connectivity index (χ3n) is 4.18. The largest absolute Gasteiger partial charge is 0.490 e. The number of rotatable bonds is 5. The van der Waals surface area contributed by atoms with E-state index in [4.69, 9.17) is 10.5 Å². The van der Waals surface area contributed by atoms with Crippen LogP contribution in [0.5, 0.6) is 5.75 Å². The Morgan fingerprint density at radius 3 is 2.46 bits per heavy atom. The first-order chi connectivity index (χ1) is 11.2. The zero-order valence-corrected chi connectivity index (χ0v) is 14.4. The molecule has 0 aromatic heterocycles. The standard InChI is InChI=1S/C19H22N2O2.ClH/c20-16-11-9-14(10-12-16)19(22)21-13-15-5-1-4-8-18(15)23-17-6-2-3-7-17;/h1,4-5,8-12,17H,2-3,6-7,13,20H2,(H,21,22);1H. The minimum Gasteiger partial charge on any atom is -0.490 e. The van der Waals surface area contributed by atoms with Crippen LogP contribution in [-0.4, -0.2) is 12.0 Å². The molecular formula is C19H23ClN2O2. The van der Waals surface area contributed by atoms with Gasteiger partial charge in [0.2, 0.25) is 0 Å². The van der Waals surface area contributed by atoms with Gasteiger partial charge in [0, 0.05) is 23.4 Å². The monoisotopic (exact) mass is 346 g/mol. The number of anilines is 1. The highest BCUT2D eigenvalue weighted by molar-refractivity contribution is 5.94. The second kappa shape index (κ2) is 8.60. The maximum absolute atomic E-state index is 12.2. The van der Waals surface area contributed by atoms with Gasteiger partial charge >= 0.3 is 0 Å². The Morgan fingerprint density at radius 1 is 1.08 bits per heavy atom. The molecule has 0 radical (unpaired) electrons. The van der Waals surface area contributed by atoms with Crippen molar-refractivity contribution >= 4 is 24.0 Å². The van der Waals surface area contributed by atoms with Crippen LogP contribution in [0, 0.1) is 0 Å². The van der Waals surface area contributed by atoms with Gasteiger partial charge in [-0.25, -0.2) is 0 Å². The van der Waals surface area contributed by atoms with Crippen molar-refractivity contribution in [2.24, 2.45) is 0 Å². The van der Waals surface area contributed by atoms with E-state index in [1.807, 2.05) is 24.3 Å². The number of carbonyl (C=O) groups is 1. The van der Waals surface area contributed by atoms with Gasteiger partial charge in [0.15, 0.2) is 0 Å². The fraction of sp³-hybridized carbons (Fsp3) is 0.316. The third-order valence-corrected chi connectivity index (χ3v) is 4.18. The van der Waals surface area contributed by atoms with Crippen LogP contribution in [0.4, 0.5) is 5.69 Å². The summed E-state index contributed by atoms with van der Waals surface area (Å²) in [5.41, 5.74) is 7.90. The summed E-state index contributed by atoms with van der Waals surface area (Å²) < 4.78 is 6.09. The van der Waals surface area contributed by atoms with Gasteiger partial charge in [0.25, 0.3) is 5.91 Å². The summed E-state index contributed by atoms with van der Waals surface area (Å²) in [6, 6.07) is 14.8. The summed E-state index contributed by atoms with van der Waals surface area (Å²) in [5, 5.41) is 2.94. The molecule has 2 aromatic carbocycles. The van der Waals surface area contributed by atoms with Gasteiger partial charge in [0.05, 0.1) is 6.10 Å². The van der Waals surface area contributed by atoms with Crippen molar-refractivity contribution in [1.82, 2.24) is 5.32 Å². The van der Waals surface area contributed by atoms with Crippen LogP contribution in [-0.2, 0) is 6.54 Å². The average molecular weight is 347 g/mol. The smallest absolute Gasteiger partial charge is 0.251 e. The first-order valence-corrected chi connectivity index (χ1v) is 8.10. The fourth-order valence-corrected chi connectivity index (χ4v) is 2.86. The van der Waals surface area contributed by atoms with E-state index in [2.05, 4.69) is 5.32 Å². The van der Waals surface area contributed by atoms with Crippen LogP contribution in [0.25, 0.3) is 0 Å². The fourth-order valence-electron chi connectivity index (χ4n) is 2.86. The molecular weight excluding hydrogens is 324 g/mol. The number of hydrogen-bond acceptors (Lipinski definition) is 3. The van der Waals surface area contributed by atoms with Crippen LogP contribution in [0.15, 0.2) is 48.5 Å². The minimum absolute atomic E-state index is 0. The molecule has 1 aliphatic rings. The van der Waals surface area contributed by atoms with Crippen molar-refractivity contribution in [2.75, 3.05) is 5.73 Å². The maximum atomic E-state index is 12.2. The average Bonchev–Trinajstić information content (AvgIpc) is 3.07. The van der Waals surface area contributed by atoms with E-state index in [0.29, 0.717) is 23.9 Å². The molecule has 0 atom stereocenters. The zero-order chi connectivity index (χ0) is 16.1. The maximum Gasteiger partial charge on any atom is 0.251 e. The highest BCUT2D eigenvalue weighted by atomic mass is 35.5. The number of carbonyl (C=O) groups excluding carboxylic acids is 1. The highest BCUT2D eigenvalue weighted by Crippen LogP contribution is 2.26. The first-order valence-electron chi connectivity index (χ1n) is 8.10. The number of nitrogen functional groups attached to an aromatic ring is 1. The van der Waals surface area contributed by atoms with Crippen molar-refractivity contribution in [1.29, 1.82) is 0 Å². The van der Waals surface area contributed by atoms with Gasteiger partial charge in [-0.2, -0.15) is 0 Å². The third kappa shape index (κ3) is 4.65. The van der Waals surface area contributed by atoms with E-state index in [-0.39, 0.29) is 18.3 Å². The summed E-state index contributed by atoms with van der Waals surface area (Å²) in [6.07, 6.45) is 5.02. The normalized spacial score (nSPS) is 14.0. The molecule has 2 aromatic rings. The van der Waals surface area contributed by atoms with E-state index >= 15 is 0 Å². The molecule has 4 nitrogen and oxygen atoms in total. The first kappa shape index (κ1) is 18.1. The highest BCUT2D eigenvalue weighted by Gasteiger charge is 2.18. The lowest BCUT2D eigenvalue weighted by Crippen LogP contribution is -2.23. The minimum atomic E-state index is -0.110. The number of para-hydroxylation sites is 1. The van der Waals surface area contributed by atoms with Gasteiger partial charge in [-0.1, -0.05) is 18.2 Å². The van der Waals surface area contributed by atoms with Crippen LogP contribution >= 0.6 is 12.4 Å². The molecule has 3 N–H and O–H groups in total. The van der Waals surface area contributed by atoms with E-state index in [1.54, 1.807) is 24.3 Å².